The van der Waals surface area contributed by atoms with Crippen molar-refractivity contribution < 1.29 is 19.0 Å². The number of carbonyl (C=O) groups is 1. The summed E-state index contributed by atoms with van der Waals surface area (Å²) in [7, 11) is 1.71. The number of hydrogen-bond acceptors (Lipinski definition) is 3. The Kier molecular flexibility index (Phi) is 6.21. The van der Waals surface area contributed by atoms with Gasteiger partial charge in [0.05, 0.1) is 12.7 Å². The van der Waals surface area contributed by atoms with E-state index in [2.05, 4.69) is 5.32 Å². The van der Waals surface area contributed by atoms with Crippen molar-refractivity contribution in [3.63, 3.8) is 0 Å². The molecule has 1 aliphatic rings. The number of aliphatic hydroxyl groups is 1. The molecule has 2 amide bonds. The van der Waals surface area contributed by atoms with Crippen LogP contribution in [0, 0.1) is 11.7 Å². The second kappa shape index (κ2) is 8.15. The molecule has 1 aromatic carbocycles. The van der Waals surface area contributed by atoms with E-state index in [0.717, 1.165) is 19.3 Å². The Labute approximate surface area is 136 Å². The summed E-state index contributed by atoms with van der Waals surface area (Å²) in [5.41, 5.74) is 0.675. The van der Waals surface area contributed by atoms with Gasteiger partial charge in [0.2, 0.25) is 0 Å². The minimum absolute atomic E-state index is 0.147. The van der Waals surface area contributed by atoms with Crippen molar-refractivity contribution in [3.8, 4) is 5.75 Å². The van der Waals surface area contributed by atoms with E-state index in [9.17, 15) is 14.3 Å². The highest BCUT2D eigenvalue weighted by Crippen LogP contribution is 2.26. The molecule has 1 saturated carbocycles. The number of aliphatic hydroxyl groups excluding tert-OH is 1. The maximum Gasteiger partial charge on any atom is 0.317 e. The van der Waals surface area contributed by atoms with E-state index in [0.29, 0.717) is 18.7 Å². The Hall–Kier alpha value is -1.82. The van der Waals surface area contributed by atoms with Gasteiger partial charge in [0.25, 0.3) is 0 Å². The summed E-state index contributed by atoms with van der Waals surface area (Å²) in [6.07, 6.45) is 2.45. The summed E-state index contributed by atoms with van der Waals surface area (Å²) in [4.78, 5) is 13.7. The molecule has 0 saturated heterocycles. The molecule has 0 heterocycles. The van der Waals surface area contributed by atoms with Crippen LogP contribution in [0.25, 0.3) is 0 Å². The average Bonchev–Trinajstić information content (AvgIpc) is 2.92. The summed E-state index contributed by atoms with van der Waals surface area (Å²) >= 11 is 0. The lowest BCUT2D eigenvalue weighted by Gasteiger charge is -2.23. The van der Waals surface area contributed by atoms with Gasteiger partial charge in [-0.15, -0.1) is 0 Å². The van der Waals surface area contributed by atoms with Gasteiger partial charge in [-0.1, -0.05) is 12.5 Å². The highest BCUT2D eigenvalue weighted by molar-refractivity contribution is 5.73. The van der Waals surface area contributed by atoms with E-state index >= 15 is 0 Å². The van der Waals surface area contributed by atoms with E-state index in [4.69, 9.17) is 4.74 Å². The van der Waals surface area contributed by atoms with Crippen LogP contribution in [0.15, 0.2) is 18.2 Å². The van der Waals surface area contributed by atoms with Crippen molar-refractivity contribution in [2.75, 3.05) is 20.2 Å². The lowest BCUT2D eigenvalue weighted by atomic mass is 10.1. The van der Waals surface area contributed by atoms with Crippen LogP contribution < -0.4 is 10.1 Å². The smallest absolute Gasteiger partial charge is 0.317 e. The molecule has 6 heteroatoms. The number of benzene rings is 1. The van der Waals surface area contributed by atoms with Crippen molar-refractivity contribution in [1.29, 1.82) is 0 Å². The minimum Gasteiger partial charge on any atom is -0.491 e. The first kappa shape index (κ1) is 17.5. The second-order valence-corrected chi connectivity index (χ2v) is 6.00. The standard InChI is InChI=1S/C17H25FN2O3/c1-3-23-16-8-7-12(9-14(16)18)10-19-17(22)20(2)11-13-5-4-6-15(13)21/h7-9,13,15,21H,3-6,10-11H2,1-2H3,(H,19,22). The number of carbonyl (C=O) groups excluding carboxylic acids is 1. The molecule has 2 rings (SSSR count). The van der Waals surface area contributed by atoms with Gasteiger partial charge in [0.15, 0.2) is 11.6 Å². The monoisotopic (exact) mass is 324 g/mol. The molecule has 1 aliphatic carbocycles. The molecule has 0 spiro atoms. The quantitative estimate of drug-likeness (QED) is 0.845. The Bertz CT molecular complexity index is 539. The number of urea groups is 1. The van der Waals surface area contributed by atoms with Crippen LogP contribution in [-0.4, -0.2) is 42.3 Å². The number of amides is 2. The summed E-state index contributed by atoms with van der Waals surface area (Å²) in [6, 6.07) is 4.44. The summed E-state index contributed by atoms with van der Waals surface area (Å²) in [5.74, 6) is -0.0652. The third-order valence-electron chi connectivity index (χ3n) is 4.21. The SMILES string of the molecule is CCOc1ccc(CNC(=O)N(C)CC2CCCC2O)cc1F. The summed E-state index contributed by atoms with van der Waals surface area (Å²) in [5, 5.41) is 12.6. The van der Waals surface area contributed by atoms with Gasteiger partial charge in [-0.2, -0.15) is 0 Å². The number of halogens is 1. The van der Waals surface area contributed by atoms with Crippen molar-refractivity contribution >= 4 is 6.03 Å². The average molecular weight is 324 g/mol. The van der Waals surface area contributed by atoms with Gasteiger partial charge in [-0.25, -0.2) is 9.18 Å². The zero-order chi connectivity index (χ0) is 16.8. The van der Waals surface area contributed by atoms with Crippen molar-refractivity contribution in [3.05, 3.63) is 29.6 Å². The van der Waals surface area contributed by atoms with Crippen LogP contribution >= 0.6 is 0 Å². The number of nitrogens with zero attached hydrogens (tertiary/aromatic N) is 1. The van der Waals surface area contributed by atoms with Gasteiger partial charge in [-0.05, 0) is 37.5 Å². The summed E-state index contributed by atoms with van der Waals surface area (Å²) in [6.45, 7) is 2.99. The van der Waals surface area contributed by atoms with Crippen LogP contribution in [-0.2, 0) is 6.54 Å². The minimum atomic E-state index is -0.430. The molecule has 23 heavy (non-hydrogen) atoms. The van der Waals surface area contributed by atoms with E-state index in [-0.39, 0.29) is 30.3 Å². The van der Waals surface area contributed by atoms with E-state index in [1.54, 1.807) is 31.0 Å². The lowest BCUT2D eigenvalue weighted by Crippen LogP contribution is -2.40. The van der Waals surface area contributed by atoms with Crippen molar-refractivity contribution in [1.82, 2.24) is 10.2 Å². The molecule has 0 aromatic heterocycles. The van der Waals surface area contributed by atoms with Crippen LogP contribution in [0.5, 0.6) is 5.75 Å². The van der Waals surface area contributed by atoms with Crippen LogP contribution in [0.4, 0.5) is 9.18 Å². The molecule has 5 nitrogen and oxygen atoms in total. The predicted molar refractivity (Wildman–Crippen MR) is 85.8 cm³/mol. The topological polar surface area (TPSA) is 61.8 Å². The highest BCUT2D eigenvalue weighted by atomic mass is 19.1. The Morgan fingerprint density at radius 1 is 1.48 bits per heavy atom. The zero-order valence-corrected chi connectivity index (χ0v) is 13.7. The largest absolute Gasteiger partial charge is 0.491 e. The first-order valence-corrected chi connectivity index (χ1v) is 8.09. The molecule has 1 aromatic rings. The molecule has 0 aliphatic heterocycles. The van der Waals surface area contributed by atoms with Gasteiger partial charge < -0.3 is 20.1 Å². The lowest BCUT2D eigenvalue weighted by molar-refractivity contribution is 0.114. The molecule has 0 radical (unpaired) electrons. The molecule has 2 N–H and O–H groups in total. The van der Waals surface area contributed by atoms with Crippen molar-refractivity contribution in [2.45, 2.75) is 38.8 Å². The molecule has 1 fully saturated rings. The molecule has 2 unspecified atom stereocenters. The number of rotatable bonds is 6. The van der Waals surface area contributed by atoms with Gasteiger partial charge in [-0.3, -0.25) is 0 Å². The third-order valence-corrected chi connectivity index (χ3v) is 4.21. The molecule has 128 valence electrons. The van der Waals surface area contributed by atoms with Gasteiger partial charge >= 0.3 is 6.03 Å². The number of hydrogen-bond donors (Lipinski definition) is 2. The van der Waals surface area contributed by atoms with Crippen LogP contribution in [0.1, 0.15) is 31.7 Å². The Morgan fingerprint density at radius 2 is 2.26 bits per heavy atom. The molecular formula is C17H25FN2O3. The maximum atomic E-state index is 13.8. The van der Waals surface area contributed by atoms with Crippen LogP contribution in [0.2, 0.25) is 0 Å². The van der Waals surface area contributed by atoms with Gasteiger partial charge in [0, 0.05) is 26.1 Å². The van der Waals surface area contributed by atoms with E-state index < -0.39 is 5.82 Å². The second-order valence-electron chi connectivity index (χ2n) is 6.00. The van der Waals surface area contributed by atoms with E-state index in [1.165, 1.54) is 6.07 Å². The Morgan fingerprint density at radius 3 is 2.87 bits per heavy atom. The number of ether oxygens (including phenoxy) is 1. The molecule has 2 atom stereocenters. The first-order chi connectivity index (χ1) is 11.0. The highest BCUT2D eigenvalue weighted by Gasteiger charge is 2.27. The fourth-order valence-corrected chi connectivity index (χ4v) is 2.90. The van der Waals surface area contributed by atoms with Gasteiger partial charge in [0.1, 0.15) is 0 Å². The maximum absolute atomic E-state index is 13.8. The molecule has 0 bridgehead atoms. The fraction of sp³-hybridized carbons (Fsp3) is 0.588. The zero-order valence-electron chi connectivity index (χ0n) is 13.7. The first-order valence-electron chi connectivity index (χ1n) is 8.09. The Balaban J connectivity index is 1.82. The van der Waals surface area contributed by atoms with Crippen molar-refractivity contribution in [2.24, 2.45) is 5.92 Å². The normalized spacial score (nSPS) is 20.3. The predicted octanol–water partition coefficient (Wildman–Crippen LogP) is 2.53. The fourth-order valence-electron chi connectivity index (χ4n) is 2.90. The number of nitrogens with one attached hydrogen (secondary N) is 1. The van der Waals surface area contributed by atoms with E-state index in [1.807, 2.05) is 0 Å². The van der Waals surface area contributed by atoms with Crippen LogP contribution in [0.3, 0.4) is 0 Å². The molecular weight excluding hydrogens is 299 g/mol. The summed E-state index contributed by atoms with van der Waals surface area (Å²) < 4.78 is 18.9. The third kappa shape index (κ3) is 4.82.